The molecule has 1 aliphatic carbocycles. The van der Waals surface area contributed by atoms with Crippen LogP contribution in [0.5, 0.6) is 0 Å². The van der Waals surface area contributed by atoms with E-state index in [-0.39, 0.29) is 0 Å². The van der Waals surface area contributed by atoms with Crippen molar-refractivity contribution in [3.8, 4) is 0 Å². The number of methoxy groups -OCH3 is 1. The van der Waals surface area contributed by atoms with Crippen LogP contribution in [0.4, 0.5) is 0 Å². The summed E-state index contributed by atoms with van der Waals surface area (Å²) >= 11 is 0. The Bertz CT molecular complexity index is 90.9. The lowest BCUT2D eigenvalue weighted by Gasteiger charge is -2.18. The highest BCUT2D eigenvalue weighted by Crippen LogP contribution is 2.36. The fourth-order valence-electron chi connectivity index (χ4n) is 2.04. The van der Waals surface area contributed by atoms with Gasteiger partial charge in [-0.05, 0) is 17.8 Å². The Morgan fingerprint density at radius 1 is 1.20 bits per heavy atom. The van der Waals surface area contributed by atoms with Crippen molar-refractivity contribution in [1.82, 2.24) is 0 Å². The largest absolute Gasteiger partial charge is 0.384 e. The van der Waals surface area contributed by atoms with Gasteiger partial charge in [-0.3, -0.25) is 0 Å². The third-order valence-corrected chi connectivity index (χ3v) is 2.90. The summed E-state index contributed by atoms with van der Waals surface area (Å²) in [4.78, 5) is 0. The van der Waals surface area contributed by atoms with Gasteiger partial charge in [-0.25, -0.2) is 0 Å². The number of ether oxygens (including phenoxy) is 1. The summed E-state index contributed by atoms with van der Waals surface area (Å²) in [6.07, 6.45) is 2.80. The summed E-state index contributed by atoms with van der Waals surface area (Å²) in [5.41, 5.74) is 0. The van der Waals surface area contributed by atoms with Gasteiger partial charge in [-0.2, -0.15) is 0 Å². The highest BCUT2D eigenvalue weighted by molar-refractivity contribution is 4.79. The molecule has 0 aromatic carbocycles. The van der Waals surface area contributed by atoms with E-state index in [1.165, 1.54) is 12.8 Å². The van der Waals surface area contributed by atoms with Crippen molar-refractivity contribution in [2.75, 3.05) is 13.7 Å². The minimum atomic E-state index is 0.824. The predicted octanol–water partition coefficient (Wildman–Crippen LogP) is 2.32. The lowest BCUT2D eigenvalue weighted by Crippen LogP contribution is -2.16. The molecular weight excluding hydrogens is 124 g/mol. The molecule has 10 heavy (non-hydrogen) atoms. The molecule has 1 nitrogen and oxygen atoms in total. The van der Waals surface area contributed by atoms with Gasteiger partial charge in [0.25, 0.3) is 0 Å². The third kappa shape index (κ3) is 1.51. The topological polar surface area (TPSA) is 9.23 Å². The van der Waals surface area contributed by atoms with Crippen LogP contribution in [0.3, 0.4) is 0 Å². The van der Waals surface area contributed by atoms with Crippen molar-refractivity contribution in [2.24, 2.45) is 17.8 Å². The van der Waals surface area contributed by atoms with Gasteiger partial charge in [-0.1, -0.05) is 26.7 Å². The van der Waals surface area contributed by atoms with E-state index in [1.54, 1.807) is 7.11 Å². The zero-order valence-electron chi connectivity index (χ0n) is 7.26. The highest BCUT2D eigenvalue weighted by atomic mass is 16.5. The molecule has 0 aromatic heterocycles. The molecule has 0 aliphatic heterocycles. The van der Waals surface area contributed by atoms with Gasteiger partial charge in [0.1, 0.15) is 0 Å². The maximum Gasteiger partial charge on any atom is 0.0495 e. The molecule has 0 spiro atoms. The summed E-state index contributed by atoms with van der Waals surface area (Å²) in [6, 6.07) is 0. The Labute approximate surface area is 63.8 Å². The third-order valence-electron chi connectivity index (χ3n) is 2.90. The molecule has 2 unspecified atom stereocenters. The fraction of sp³-hybridized carbons (Fsp3) is 1.00. The van der Waals surface area contributed by atoms with Gasteiger partial charge in [0.05, 0.1) is 0 Å². The van der Waals surface area contributed by atoms with E-state index in [0.717, 1.165) is 24.4 Å². The van der Waals surface area contributed by atoms with Gasteiger partial charge in [0.15, 0.2) is 0 Å². The molecule has 60 valence electrons. The molecular formula is C9H18O. The second kappa shape index (κ2) is 3.38. The molecule has 0 amide bonds. The van der Waals surface area contributed by atoms with E-state index in [2.05, 4.69) is 13.8 Å². The highest BCUT2D eigenvalue weighted by Gasteiger charge is 2.29. The summed E-state index contributed by atoms with van der Waals surface area (Å²) in [5, 5.41) is 0. The predicted molar refractivity (Wildman–Crippen MR) is 42.9 cm³/mol. The molecule has 1 aliphatic rings. The van der Waals surface area contributed by atoms with Crippen LogP contribution in [-0.4, -0.2) is 13.7 Å². The first-order valence-corrected chi connectivity index (χ1v) is 4.24. The molecule has 2 atom stereocenters. The van der Waals surface area contributed by atoms with Crippen molar-refractivity contribution in [3.05, 3.63) is 0 Å². The van der Waals surface area contributed by atoms with E-state index in [1.807, 2.05) is 0 Å². The minimum absolute atomic E-state index is 0.824. The zero-order valence-corrected chi connectivity index (χ0v) is 7.26. The van der Waals surface area contributed by atoms with E-state index in [9.17, 15) is 0 Å². The van der Waals surface area contributed by atoms with Crippen LogP contribution in [0.25, 0.3) is 0 Å². The average Bonchev–Trinajstić information content (AvgIpc) is 2.20. The van der Waals surface area contributed by atoms with Crippen LogP contribution in [0, 0.1) is 17.8 Å². The Kier molecular flexibility index (Phi) is 2.72. The van der Waals surface area contributed by atoms with Crippen molar-refractivity contribution in [2.45, 2.75) is 26.7 Å². The quantitative estimate of drug-likeness (QED) is 0.575. The van der Waals surface area contributed by atoms with Gasteiger partial charge in [-0.15, -0.1) is 0 Å². The van der Waals surface area contributed by atoms with Crippen LogP contribution in [-0.2, 0) is 4.74 Å². The molecule has 1 fully saturated rings. The van der Waals surface area contributed by atoms with Crippen LogP contribution in [0.1, 0.15) is 26.7 Å². The van der Waals surface area contributed by atoms with Crippen molar-refractivity contribution in [3.63, 3.8) is 0 Å². The minimum Gasteiger partial charge on any atom is -0.384 e. The lowest BCUT2D eigenvalue weighted by molar-refractivity contribution is 0.118. The van der Waals surface area contributed by atoms with Gasteiger partial charge >= 0.3 is 0 Å². The Morgan fingerprint density at radius 2 is 1.70 bits per heavy atom. The summed E-state index contributed by atoms with van der Waals surface area (Å²) in [5.74, 6) is 2.59. The van der Waals surface area contributed by atoms with Gasteiger partial charge in [0, 0.05) is 13.7 Å². The molecule has 0 heterocycles. The standard InChI is InChI=1S/C9H18O/c1-7-4-5-8(2)9(7)6-10-3/h7-9H,4-6H2,1-3H3. The van der Waals surface area contributed by atoms with Crippen LogP contribution in [0.15, 0.2) is 0 Å². The Hall–Kier alpha value is -0.0400. The van der Waals surface area contributed by atoms with Crippen molar-refractivity contribution < 1.29 is 4.74 Å². The SMILES string of the molecule is COCC1C(C)CCC1C. The maximum absolute atomic E-state index is 5.17. The molecule has 0 bridgehead atoms. The van der Waals surface area contributed by atoms with Crippen LogP contribution < -0.4 is 0 Å². The van der Waals surface area contributed by atoms with Gasteiger partial charge < -0.3 is 4.74 Å². The smallest absolute Gasteiger partial charge is 0.0495 e. The molecule has 0 saturated heterocycles. The first-order chi connectivity index (χ1) is 4.75. The monoisotopic (exact) mass is 142 g/mol. The second-order valence-electron chi connectivity index (χ2n) is 3.65. The molecule has 0 N–H and O–H groups in total. The van der Waals surface area contributed by atoms with Crippen LogP contribution in [0.2, 0.25) is 0 Å². The second-order valence-corrected chi connectivity index (χ2v) is 3.65. The van der Waals surface area contributed by atoms with Crippen molar-refractivity contribution in [1.29, 1.82) is 0 Å². The lowest BCUT2D eigenvalue weighted by atomic mass is 9.93. The first kappa shape index (κ1) is 8.06. The van der Waals surface area contributed by atoms with Gasteiger partial charge in [0.2, 0.25) is 0 Å². The molecule has 0 radical (unpaired) electrons. The number of hydrogen-bond donors (Lipinski definition) is 0. The Balaban J connectivity index is 2.38. The molecule has 1 heteroatoms. The fourth-order valence-corrected chi connectivity index (χ4v) is 2.04. The normalized spacial score (nSPS) is 40.5. The summed E-state index contributed by atoms with van der Waals surface area (Å²) < 4.78 is 5.17. The number of hydrogen-bond acceptors (Lipinski definition) is 1. The van der Waals surface area contributed by atoms with E-state index in [0.29, 0.717) is 0 Å². The van der Waals surface area contributed by atoms with Crippen molar-refractivity contribution >= 4 is 0 Å². The summed E-state index contributed by atoms with van der Waals surface area (Å²) in [6.45, 7) is 5.64. The molecule has 1 rings (SSSR count). The maximum atomic E-state index is 5.17. The van der Waals surface area contributed by atoms with E-state index in [4.69, 9.17) is 4.74 Å². The van der Waals surface area contributed by atoms with E-state index < -0.39 is 0 Å². The average molecular weight is 142 g/mol. The number of rotatable bonds is 2. The molecule has 1 saturated carbocycles. The molecule has 0 aromatic rings. The zero-order chi connectivity index (χ0) is 7.56. The summed E-state index contributed by atoms with van der Waals surface area (Å²) in [7, 11) is 1.80. The van der Waals surface area contributed by atoms with Crippen LogP contribution >= 0.6 is 0 Å². The Morgan fingerprint density at radius 3 is 2.10 bits per heavy atom. The first-order valence-electron chi connectivity index (χ1n) is 4.24. The van der Waals surface area contributed by atoms with E-state index >= 15 is 0 Å².